The Kier molecular flexibility index (Phi) is 6.04. The van der Waals surface area contributed by atoms with E-state index in [0.717, 1.165) is 33.0 Å². The van der Waals surface area contributed by atoms with E-state index < -0.39 is 5.97 Å². The summed E-state index contributed by atoms with van der Waals surface area (Å²) in [6, 6.07) is 18.6. The topological polar surface area (TPSA) is 71.5 Å². The lowest BCUT2D eigenvalue weighted by molar-refractivity contribution is 0.0698. The van der Waals surface area contributed by atoms with Crippen LogP contribution in [0.5, 0.6) is 0 Å². The fraction of sp³-hybridized carbons (Fsp3) is 0.0833. The second-order valence-electron chi connectivity index (χ2n) is 6.94. The maximum Gasteiger partial charge on any atom is 0.336 e. The molecule has 0 fully saturated rings. The Morgan fingerprint density at radius 1 is 1.06 bits per heavy atom. The number of hydrogen-bond acceptors (Lipinski definition) is 5. The number of carbonyl (C=O) groups is 1. The van der Waals surface area contributed by atoms with Crippen LogP contribution >= 0.6 is 22.9 Å². The quantitative estimate of drug-likeness (QED) is 0.317. The molecular formula is C24H19ClN2O3S. The van der Waals surface area contributed by atoms with Gasteiger partial charge in [-0.25, -0.2) is 9.78 Å². The second-order valence-corrected chi connectivity index (χ2v) is 8.20. The molecule has 0 saturated carbocycles. The van der Waals surface area contributed by atoms with Gasteiger partial charge in [0.25, 0.3) is 0 Å². The minimum atomic E-state index is -1.01. The van der Waals surface area contributed by atoms with E-state index in [0.29, 0.717) is 16.3 Å². The van der Waals surface area contributed by atoms with Crippen LogP contribution in [0, 0.1) is 6.92 Å². The number of nitrogens with one attached hydrogen (secondary N) is 1. The summed E-state index contributed by atoms with van der Waals surface area (Å²) in [5.74, 6) is -1.01. The lowest BCUT2D eigenvalue weighted by atomic mass is 9.96. The molecular weight excluding hydrogens is 432 g/mol. The van der Waals surface area contributed by atoms with Gasteiger partial charge in [0.15, 0.2) is 0 Å². The van der Waals surface area contributed by atoms with Crippen molar-refractivity contribution in [3.8, 4) is 33.0 Å². The molecule has 2 N–H and O–H groups in total. The van der Waals surface area contributed by atoms with E-state index in [-0.39, 0.29) is 5.56 Å². The van der Waals surface area contributed by atoms with Gasteiger partial charge in [0.05, 0.1) is 29.1 Å². The molecule has 4 rings (SSSR count). The van der Waals surface area contributed by atoms with Crippen molar-refractivity contribution in [2.24, 2.45) is 0 Å². The number of aryl methyl sites for hydroxylation is 1. The van der Waals surface area contributed by atoms with Gasteiger partial charge in [-0.05, 0) is 36.2 Å². The van der Waals surface area contributed by atoms with Crippen molar-refractivity contribution < 1.29 is 14.7 Å². The first kappa shape index (κ1) is 21.1. The Morgan fingerprint density at radius 3 is 2.58 bits per heavy atom. The molecule has 1 heterocycles. The molecule has 5 nitrogen and oxygen atoms in total. The van der Waals surface area contributed by atoms with Crippen LogP contribution in [0.4, 0.5) is 5.69 Å². The van der Waals surface area contributed by atoms with E-state index >= 15 is 0 Å². The molecule has 0 aliphatic carbocycles. The van der Waals surface area contributed by atoms with Crippen LogP contribution < -0.4 is 5.48 Å². The molecule has 0 aliphatic rings. The van der Waals surface area contributed by atoms with Gasteiger partial charge in [-0.2, -0.15) is 0 Å². The van der Waals surface area contributed by atoms with Gasteiger partial charge in [-0.1, -0.05) is 54.1 Å². The molecule has 31 heavy (non-hydrogen) atoms. The number of anilines is 1. The number of carboxylic acids is 1. The summed E-state index contributed by atoms with van der Waals surface area (Å²) in [5.41, 5.74) is 8.43. The molecule has 0 atom stereocenters. The first-order valence-electron chi connectivity index (χ1n) is 9.46. The lowest BCUT2D eigenvalue weighted by Crippen LogP contribution is -2.03. The fourth-order valence-electron chi connectivity index (χ4n) is 3.36. The van der Waals surface area contributed by atoms with Crippen molar-refractivity contribution in [1.82, 2.24) is 4.98 Å². The fourth-order valence-corrected chi connectivity index (χ4v) is 4.51. The predicted molar refractivity (Wildman–Crippen MR) is 126 cm³/mol. The smallest absolute Gasteiger partial charge is 0.336 e. The van der Waals surface area contributed by atoms with Crippen molar-refractivity contribution in [3.63, 3.8) is 0 Å². The molecule has 7 heteroatoms. The Labute approximate surface area is 188 Å². The van der Waals surface area contributed by atoms with Crippen LogP contribution in [0.1, 0.15) is 15.9 Å². The Balaban J connectivity index is 1.76. The third-order valence-electron chi connectivity index (χ3n) is 4.83. The number of rotatable bonds is 6. The highest BCUT2D eigenvalue weighted by atomic mass is 35.5. The molecule has 0 bridgehead atoms. The zero-order chi connectivity index (χ0) is 22.0. The minimum absolute atomic E-state index is 0.188. The van der Waals surface area contributed by atoms with E-state index in [4.69, 9.17) is 21.4 Å². The largest absolute Gasteiger partial charge is 0.478 e. The van der Waals surface area contributed by atoms with E-state index in [1.165, 1.54) is 18.4 Å². The number of thiazole rings is 1. The molecule has 1 aromatic heterocycles. The van der Waals surface area contributed by atoms with Crippen molar-refractivity contribution in [3.05, 3.63) is 82.2 Å². The summed E-state index contributed by atoms with van der Waals surface area (Å²) in [7, 11) is 1.51. The Hall–Kier alpha value is -3.19. The van der Waals surface area contributed by atoms with Gasteiger partial charge in [-0.15, -0.1) is 11.3 Å². The predicted octanol–water partition coefficient (Wildman–Crippen LogP) is 6.78. The molecule has 3 aromatic carbocycles. The summed E-state index contributed by atoms with van der Waals surface area (Å²) in [5, 5.41) is 13.2. The SMILES string of the molecule is CONc1ccccc1-c1ccc(-c2nc(-c3ccc(C)cc3Cl)cs2)cc1C(=O)O. The third kappa shape index (κ3) is 4.32. The van der Waals surface area contributed by atoms with Crippen LogP contribution in [0.25, 0.3) is 33.0 Å². The highest BCUT2D eigenvalue weighted by molar-refractivity contribution is 7.13. The van der Waals surface area contributed by atoms with Gasteiger partial charge in [0.2, 0.25) is 0 Å². The van der Waals surface area contributed by atoms with Crippen LogP contribution in [0.3, 0.4) is 0 Å². The zero-order valence-corrected chi connectivity index (χ0v) is 18.4. The Bertz CT molecular complexity index is 1270. The molecule has 0 spiro atoms. The van der Waals surface area contributed by atoms with Gasteiger partial charge in [0.1, 0.15) is 5.01 Å². The summed E-state index contributed by atoms with van der Waals surface area (Å²) in [6.07, 6.45) is 0. The van der Waals surface area contributed by atoms with Gasteiger partial charge in [0, 0.05) is 22.1 Å². The van der Waals surface area contributed by atoms with Gasteiger partial charge in [-0.3, -0.25) is 10.3 Å². The van der Waals surface area contributed by atoms with Crippen LogP contribution in [-0.2, 0) is 4.84 Å². The van der Waals surface area contributed by atoms with E-state index in [1.54, 1.807) is 12.1 Å². The lowest BCUT2D eigenvalue weighted by Gasteiger charge is -2.13. The molecule has 0 saturated heterocycles. The van der Waals surface area contributed by atoms with Crippen molar-refractivity contribution in [1.29, 1.82) is 0 Å². The normalized spacial score (nSPS) is 10.8. The molecule has 0 amide bonds. The number of aromatic nitrogens is 1. The number of carboxylic acid groups (broad SMARTS) is 1. The molecule has 156 valence electrons. The monoisotopic (exact) mass is 450 g/mol. The first-order valence-corrected chi connectivity index (χ1v) is 10.7. The molecule has 4 aromatic rings. The van der Waals surface area contributed by atoms with E-state index in [2.05, 4.69) is 5.48 Å². The average molecular weight is 451 g/mol. The zero-order valence-electron chi connectivity index (χ0n) is 16.8. The van der Waals surface area contributed by atoms with Crippen molar-refractivity contribution >= 4 is 34.6 Å². The Morgan fingerprint density at radius 2 is 1.84 bits per heavy atom. The maximum atomic E-state index is 12.1. The maximum absolute atomic E-state index is 12.1. The van der Waals surface area contributed by atoms with Crippen LogP contribution in [0.2, 0.25) is 5.02 Å². The van der Waals surface area contributed by atoms with Gasteiger partial charge < -0.3 is 5.11 Å². The highest BCUT2D eigenvalue weighted by Crippen LogP contribution is 2.36. The number of aromatic carboxylic acids is 1. The summed E-state index contributed by atoms with van der Waals surface area (Å²) >= 11 is 7.83. The number of halogens is 1. The summed E-state index contributed by atoms with van der Waals surface area (Å²) in [4.78, 5) is 21.8. The standard InChI is InChI=1S/C24H19ClN2O3S/c1-14-7-9-18(20(25)11-14)22-13-31-23(26-22)15-8-10-16(19(12-15)24(28)29)17-5-3-4-6-21(17)27-30-2/h3-13,27H,1-2H3,(H,28,29). The van der Waals surface area contributed by atoms with Crippen molar-refractivity contribution in [2.75, 3.05) is 12.6 Å². The first-order chi connectivity index (χ1) is 15.0. The number of nitrogens with zero attached hydrogens (tertiary/aromatic N) is 1. The summed E-state index contributed by atoms with van der Waals surface area (Å²) in [6.45, 7) is 1.98. The molecule has 0 aliphatic heterocycles. The molecule has 0 unspecified atom stereocenters. The third-order valence-corrected chi connectivity index (χ3v) is 6.03. The van der Waals surface area contributed by atoms with Crippen molar-refractivity contribution in [2.45, 2.75) is 6.92 Å². The van der Waals surface area contributed by atoms with Crippen LogP contribution in [0.15, 0.2) is 66.0 Å². The van der Waals surface area contributed by atoms with Crippen LogP contribution in [-0.4, -0.2) is 23.2 Å². The number of benzene rings is 3. The van der Waals surface area contributed by atoms with E-state index in [9.17, 15) is 9.90 Å². The highest BCUT2D eigenvalue weighted by Gasteiger charge is 2.17. The number of hydrogen-bond donors (Lipinski definition) is 2. The van der Waals surface area contributed by atoms with E-state index in [1.807, 2.05) is 60.8 Å². The number of para-hydroxylation sites is 1. The molecule has 0 radical (unpaired) electrons. The average Bonchev–Trinajstić information content (AvgIpc) is 3.24. The van der Waals surface area contributed by atoms with Gasteiger partial charge >= 0.3 is 5.97 Å². The summed E-state index contributed by atoms with van der Waals surface area (Å²) < 4.78 is 0. The minimum Gasteiger partial charge on any atom is -0.478 e. The second kappa shape index (κ2) is 8.89.